The van der Waals surface area contributed by atoms with Crippen molar-refractivity contribution in [2.24, 2.45) is 5.73 Å². The number of primary amides is 1. The summed E-state index contributed by atoms with van der Waals surface area (Å²) >= 11 is 0. The van der Waals surface area contributed by atoms with E-state index in [1.165, 1.54) is 0 Å². The van der Waals surface area contributed by atoms with Crippen molar-refractivity contribution in [3.8, 4) is 0 Å². The van der Waals surface area contributed by atoms with Gasteiger partial charge in [0.1, 0.15) is 0 Å². The van der Waals surface area contributed by atoms with Crippen LogP contribution >= 0.6 is 0 Å². The van der Waals surface area contributed by atoms with Crippen LogP contribution in [-0.2, 0) is 0 Å². The first-order chi connectivity index (χ1) is 7.09. The van der Waals surface area contributed by atoms with Crippen molar-refractivity contribution in [3.63, 3.8) is 0 Å². The van der Waals surface area contributed by atoms with Gasteiger partial charge in [-0.15, -0.1) is 0 Å². The van der Waals surface area contributed by atoms with Gasteiger partial charge in [0.25, 0.3) is 0 Å². The molecular weight excluding hydrogens is 192 g/mol. The van der Waals surface area contributed by atoms with Crippen molar-refractivity contribution < 1.29 is 4.79 Å². The minimum atomic E-state index is -0.509. The Kier molecular flexibility index (Phi) is 3.79. The van der Waals surface area contributed by atoms with E-state index < -0.39 is 6.03 Å². The maximum absolute atomic E-state index is 10.4. The quantitative estimate of drug-likeness (QED) is 0.432. The molecule has 0 aromatic heterocycles. The predicted octanol–water partition coefficient (Wildman–Crippen LogP) is 0.657. The largest absolute Gasteiger partial charge is 0.399 e. The zero-order valence-electron chi connectivity index (χ0n) is 8.71. The number of benzene rings is 1. The third-order valence-electron chi connectivity index (χ3n) is 2.02. The summed E-state index contributed by atoms with van der Waals surface area (Å²) in [7, 11) is 0. The molecule has 1 aromatic rings. The molecule has 0 aliphatic heterocycles. The SMILES string of the molecule is Cc1cc(NCCNC(N)=O)ccc1N. The number of hydrogen-bond donors (Lipinski definition) is 4. The molecule has 82 valence electrons. The van der Waals surface area contributed by atoms with Crippen LogP contribution in [0.1, 0.15) is 5.56 Å². The summed E-state index contributed by atoms with van der Waals surface area (Å²) in [6.45, 7) is 3.08. The van der Waals surface area contributed by atoms with Gasteiger partial charge >= 0.3 is 6.03 Å². The first-order valence-corrected chi connectivity index (χ1v) is 4.73. The van der Waals surface area contributed by atoms with Gasteiger partial charge in [0.15, 0.2) is 0 Å². The number of urea groups is 1. The number of nitrogens with two attached hydrogens (primary N) is 2. The van der Waals surface area contributed by atoms with E-state index in [-0.39, 0.29) is 0 Å². The monoisotopic (exact) mass is 208 g/mol. The van der Waals surface area contributed by atoms with Gasteiger partial charge < -0.3 is 22.1 Å². The lowest BCUT2D eigenvalue weighted by Crippen LogP contribution is -2.33. The molecule has 6 N–H and O–H groups in total. The fourth-order valence-electron chi connectivity index (χ4n) is 1.18. The fourth-order valence-corrected chi connectivity index (χ4v) is 1.18. The molecule has 2 amide bonds. The number of nitrogen functional groups attached to an aromatic ring is 1. The zero-order chi connectivity index (χ0) is 11.3. The number of aryl methyl sites for hydroxylation is 1. The molecule has 0 aliphatic rings. The van der Waals surface area contributed by atoms with Crippen molar-refractivity contribution >= 4 is 17.4 Å². The number of hydrogen-bond acceptors (Lipinski definition) is 3. The molecule has 0 fully saturated rings. The Hall–Kier alpha value is -1.91. The van der Waals surface area contributed by atoms with Gasteiger partial charge in [0.2, 0.25) is 0 Å². The number of amides is 2. The lowest BCUT2D eigenvalue weighted by atomic mass is 10.2. The maximum Gasteiger partial charge on any atom is 0.312 e. The first-order valence-electron chi connectivity index (χ1n) is 4.73. The molecule has 0 heterocycles. The second-order valence-electron chi connectivity index (χ2n) is 3.29. The highest BCUT2D eigenvalue weighted by atomic mass is 16.2. The molecule has 0 atom stereocenters. The molecule has 5 heteroatoms. The van der Waals surface area contributed by atoms with Crippen LogP contribution in [0.15, 0.2) is 18.2 Å². The van der Waals surface area contributed by atoms with E-state index in [1.54, 1.807) is 0 Å². The molecule has 1 rings (SSSR count). The van der Waals surface area contributed by atoms with Gasteiger partial charge in [0.05, 0.1) is 0 Å². The number of carbonyl (C=O) groups is 1. The second-order valence-corrected chi connectivity index (χ2v) is 3.29. The summed E-state index contributed by atoms with van der Waals surface area (Å²) in [6.07, 6.45) is 0. The molecular formula is C10H16N4O. The van der Waals surface area contributed by atoms with Crippen molar-refractivity contribution in [2.75, 3.05) is 24.1 Å². The topological polar surface area (TPSA) is 93.2 Å². The second kappa shape index (κ2) is 5.09. The summed E-state index contributed by atoms with van der Waals surface area (Å²) in [4.78, 5) is 10.4. The lowest BCUT2D eigenvalue weighted by Gasteiger charge is -2.08. The average Bonchev–Trinajstić information content (AvgIpc) is 2.18. The molecule has 15 heavy (non-hydrogen) atoms. The van der Waals surface area contributed by atoms with E-state index >= 15 is 0 Å². The normalized spacial score (nSPS) is 9.67. The summed E-state index contributed by atoms with van der Waals surface area (Å²) in [5, 5.41) is 5.64. The number of carbonyl (C=O) groups excluding carboxylic acids is 1. The standard InChI is InChI=1S/C10H16N4O/c1-7-6-8(2-3-9(7)11)13-4-5-14-10(12)15/h2-3,6,13H,4-5,11H2,1H3,(H3,12,14,15). The molecule has 0 bridgehead atoms. The van der Waals surface area contributed by atoms with Gasteiger partial charge in [-0.05, 0) is 30.7 Å². The Morgan fingerprint density at radius 1 is 1.40 bits per heavy atom. The summed E-state index contributed by atoms with van der Waals surface area (Å²) in [6, 6.07) is 5.19. The minimum Gasteiger partial charge on any atom is -0.399 e. The van der Waals surface area contributed by atoms with Crippen LogP contribution < -0.4 is 22.1 Å². The number of rotatable bonds is 4. The van der Waals surface area contributed by atoms with E-state index in [0.29, 0.717) is 13.1 Å². The molecule has 0 saturated carbocycles. The third-order valence-corrected chi connectivity index (χ3v) is 2.02. The molecule has 0 radical (unpaired) electrons. The Bertz CT molecular complexity index is 351. The van der Waals surface area contributed by atoms with Crippen molar-refractivity contribution in [3.05, 3.63) is 23.8 Å². The van der Waals surface area contributed by atoms with Gasteiger partial charge in [0, 0.05) is 24.5 Å². The van der Waals surface area contributed by atoms with E-state index in [9.17, 15) is 4.79 Å². The third kappa shape index (κ3) is 3.76. The van der Waals surface area contributed by atoms with Crippen LogP contribution in [0.5, 0.6) is 0 Å². The molecule has 1 aromatic carbocycles. The predicted molar refractivity (Wildman–Crippen MR) is 61.7 cm³/mol. The molecule has 5 nitrogen and oxygen atoms in total. The van der Waals surface area contributed by atoms with Crippen LogP contribution in [-0.4, -0.2) is 19.1 Å². The van der Waals surface area contributed by atoms with Gasteiger partial charge in [-0.2, -0.15) is 0 Å². The van der Waals surface area contributed by atoms with E-state index in [1.807, 2.05) is 25.1 Å². The molecule has 0 spiro atoms. The van der Waals surface area contributed by atoms with Crippen LogP contribution in [0, 0.1) is 6.92 Å². The molecule has 0 aliphatic carbocycles. The zero-order valence-corrected chi connectivity index (χ0v) is 8.71. The van der Waals surface area contributed by atoms with E-state index in [4.69, 9.17) is 11.5 Å². The van der Waals surface area contributed by atoms with Crippen LogP contribution in [0.25, 0.3) is 0 Å². The van der Waals surface area contributed by atoms with Crippen LogP contribution in [0.3, 0.4) is 0 Å². The summed E-state index contributed by atoms with van der Waals surface area (Å²) in [5.41, 5.74) is 13.4. The number of nitrogens with one attached hydrogen (secondary N) is 2. The Labute approximate surface area is 88.8 Å². The Balaban J connectivity index is 2.38. The first kappa shape index (κ1) is 11.2. The van der Waals surface area contributed by atoms with Gasteiger partial charge in [-0.25, -0.2) is 4.79 Å². The Morgan fingerprint density at radius 3 is 2.73 bits per heavy atom. The lowest BCUT2D eigenvalue weighted by molar-refractivity contribution is 0.249. The average molecular weight is 208 g/mol. The minimum absolute atomic E-state index is 0.499. The van der Waals surface area contributed by atoms with Crippen molar-refractivity contribution in [1.82, 2.24) is 5.32 Å². The van der Waals surface area contributed by atoms with E-state index in [2.05, 4.69) is 10.6 Å². The maximum atomic E-state index is 10.4. The van der Waals surface area contributed by atoms with E-state index in [0.717, 1.165) is 16.9 Å². The van der Waals surface area contributed by atoms with Crippen molar-refractivity contribution in [2.45, 2.75) is 6.92 Å². The van der Waals surface area contributed by atoms with Crippen molar-refractivity contribution in [1.29, 1.82) is 0 Å². The van der Waals surface area contributed by atoms with Gasteiger partial charge in [-0.3, -0.25) is 0 Å². The summed E-state index contributed by atoms with van der Waals surface area (Å²) < 4.78 is 0. The molecule has 0 unspecified atom stereocenters. The molecule has 0 saturated heterocycles. The highest BCUT2D eigenvalue weighted by Gasteiger charge is 1.96. The fraction of sp³-hybridized carbons (Fsp3) is 0.300. The van der Waals surface area contributed by atoms with Crippen LogP contribution in [0.2, 0.25) is 0 Å². The summed E-state index contributed by atoms with van der Waals surface area (Å²) in [5.74, 6) is 0. The number of anilines is 2. The smallest absolute Gasteiger partial charge is 0.312 e. The highest BCUT2D eigenvalue weighted by Crippen LogP contribution is 2.15. The Morgan fingerprint density at radius 2 is 2.13 bits per heavy atom. The van der Waals surface area contributed by atoms with Gasteiger partial charge in [-0.1, -0.05) is 0 Å². The highest BCUT2D eigenvalue weighted by molar-refractivity contribution is 5.71. The van der Waals surface area contributed by atoms with Crippen LogP contribution in [0.4, 0.5) is 16.2 Å².